The molecule has 1 aliphatic rings. The molecule has 0 radical (unpaired) electrons. The SMILES string of the molecule is N#Cc1ccc2c(c1)c1c(n2C(=O)NCc2ccnc(Cl)c2)CCN(CC=Cc2cc(F)cc(OC(F)(F)F)c2)C1. The molecule has 210 valence electrons. The monoisotopic (exact) mass is 583 g/mol. The Labute approximate surface area is 237 Å². The van der Waals surface area contributed by atoms with Gasteiger partial charge in [-0.05, 0) is 59.2 Å². The lowest BCUT2D eigenvalue weighted by atomic mass is 10.0. The van der Waals surface area contributed by atoms with E-state index >= 15 is 0 Å². The molecule has 2 aromatic carbocycles. The maximum Gasteiger partial charge on any atom is 0.573 e. The maximum atomic E-state index is 13.8. The third-order valence-electron chi connectivity index (χ3n) is 6.60. The van der Waals surface area contributed by atoms with Crippen LogP contribution < -0.4 is 10.1 Å². The molecule has 0 aliphatic carbocycles. The molecule has 0 unspecified atom stereocenters. The van der Waals surface area contributed by atoms with E-state index in [4.69, 9.17) is 11.6 Å². The van der Waals surface area contributed by atoms with Crippen molar-refractivity contribution in [3.63, 3.8) is 0 Å². The zero-order valence-electron chi connectivity index (χ0n) is 21.4. The highest BCUT2D eigenvalue weighted by Crippen LogP contribution is 2.32. The standard InChI is InChI=1S/C29H22ClF4N5O2/c30-27-13-20(5-7-36-27)16-37-28(40)39-25-4-3-19(15-35)12-23(25)24-17-38(9-6-26(24)39)8-1-2-18-10-21(31)14-22(11-18)41-29(32,33)34/h1-5,7,10-14H,6,8-9,16-17H2,(H,37,40). The van der Waals surface area contributed by atoms with Crippen molar-refractivity contribution in [3.8, 4) is 11.8 Å². The van der Waals surface area contributed by atoms with Crippen LogP contribution in [-0.4, -0.2) is 39.9 Å². The second kappa shape index (κ2) is 11.6. The Morgan fingerprint density at radius 1 is 1.20 bits per heavy atom. The number of nitriles is 1. The zero-order chi connectivity index (χ0) is 29.1. The number of ether oxygens (including phenoxy) is 1. The highest BCUT2D eigenvalue weighted by molar-refractivity contribution is 6.29. The van der Waals surface area contributed by atoms with E-state index in [0.717, 1.165) is 34.3 Å². The van der Waals surface area contributed by atoms with E-state index in [9.17, 15) is 27.6 Å². The van der Waals surface area contributed by atoms with Crippen LogP contribution in [0.3, 0.4) is 0 Å². The number of rotatable bonds is 6. The summed E-state index contributed by atoms with van der Waals surface area (Å²) in [6.45, 7) is 1.73. The van der Waals surface area contributed by atoms with Gasteiger partial charge in [-0.15, -0.1) is 13.2 Å². The summed E-state index contributed by atoms with van der Waals surface area (Å²) in [4.78, 5) is 19.4. The molecule has 1 aliphatic heterocycles. The average molecular weight is 584 g/mol. The topological polar surface area (TPSA) is 83.2 Å². The summed E-state index contributed by atoms with van der Waals surface area (Å²) >= 11 is 5.95. The van der Waals surface area contributed by atoms with Gasteiger partial charge in [0.1, 0.15) is 16.7 Å². The van der Waals surface area contributed by atoms with Crippen LogP contribution in [0.25, 0.3) is 17.0 Å². The minimum absolute atomic E-state index is 0.226. The molecule has 7 nitrogen and oxygen atoms in total. The van der Waals surface area contributed by atoms with Gasteiger partial charge < -0.3 is 10.1 Å². The van der Waals surface area contributed by atoms with E-state index in [1.165, 1.54) is 6.08 Å². The van der Waals surface area contributed by atoms with Crippen molar-refractivity contribution in [3.05, 3.63) is 99.7 Å². The number of hydrogen-bond acceptors (Lipinski definition) is 5. The molecule has 1 N–H and O–H groups in total. The number of halogens is 5. The number of nitrogens with one attached hydrogen (secondary N) is 1. The molecule has 3 heterocycles. The summed E-state index contributed by atoms with van der Waals surface area (Å²) in [7, 11) is 0. The molecule has 4 aromatic rings. The number of fused-ring (bicyclic) bond motifs is 3. The first-order valence-electron chi connectivity index (χ1n) is 12.5. The summed E-state index contributed by atoms with van der Waals surface area (Å²) in [5.74, 6) is -1.48. The largest absolute Gasteiger partial charge is 0.573 e. The molecule has 0 atom stereocenters. The number of benzene rings is 2. The van der Waals surface area contributed by atoms with E-state index in [0.29, 0.717) is 48.4 Å². The number of alkyl halides is 3. The minimum atomic E-state index is -4.92. The predicted octanol–water partition coefficient (Wildman–Crippen LogP) is 6.43. The number of amides is 1. The van der Waals surface area contributed by atoms with Crippen molar-refractivity contribution in [2.45, 2.75) is 25.9 Å². The molecule has 5 rings (SSSR count). The number of nitrogens with zero attached hydrogens (tertiary/aromatic N) is 4. The Morgan fingerprint density at radius 3 is 2.78 bits per heavy atom. The summed E-state index contributed by atoms with van der Waals surface area (Å²) in [5, 5.41) is 13.5. The molecular formula is C29H22ClF4N5O2. The molecule has 0 spiro atoms. The highest BCUT2D eigenvalue weighted by atomic mass is 35.5. The number of hydrogen-bond donors (Lipinski definition) is 1. The van der Waals surface area contributed by atoms with Crippen LogP contribution in [0.5, 0.6) is 5.75 Å². The fraction of sp³-hybridized carbons (Fsp3) is 0.207. The lowest BCUT2D eigenvalue weighted by Crippen LogP contribution is -2.34. The van der Waals surface area contributed by atoms with Crippen LogP contribution >= 0.6 is 11.6 Å². The number of pyridine rings is 1. The van der Waals surface area contributed by atoms with E-state index in [-0.39, 0.29) is 18.1 Å². The Bertz CT molecular complexity index is 1690. The molecule has 0 fully saturated rings. The van der Waals surface area contributed by atoms with E-state index in [2.05, 4.69) is 26.0 Å². The summed E-state index contributed by atoms with van der Waals surface area (Å²) in [6, 6.07) is 13.3. The molecule has 0 bridgehead atoms. The Hall–Kier alpha value is -4.40. The number of aromatic nitrogens is 2. The lowest BCUT2D eigenvalue weighted by molar-refractivity contribution is -0.274. The van der Waals surface area contributed by atoms with Crippen LogP contribution in [0.2, 0.25) is 5.15 Å². The molecule has 1 amide bonds. The Balaban J connectivity index is 1.36. The smallest absolute Gasteiger partial charge is 0.406 e. The van der Waals surface area contributed by atoms with Gasteiger partial charge >= 0.3 is 12.4 Å². The van der Waals surface area contributed by atoms with Gasteiger partial charge in [0.05, 0.1) is 17.1 Å². The van der Waals surface area contributed by atoms with E-state index in [1.807, 2.05) is 0 Å². The van der Waals surface area contributed by atoms with Crippen molar-refractivity contribution < 1.29 is 27.1 Å². The first-order chi connectivity index (χ1) is 19.6. The third-order valence-corrected chi connectivity index (χ3v) is 6.80. The second-order valence-corrected chi connectivity index (χ2v) is 9.79. The third kappa shape index (κ3) is 6.67. The molecule has 2 aromatic heterocycles. The minimum Gasteiger partial charge on any atom is -0.406 e. The number of carbonyl (C=O) groups excluding carboxylic acids is 1. The van der Waals surface area contributed by atoms with Gasteiger partial charge in [-0.2, -0.15) is 5.26 Å². The first-order valence-corrected chi connectivity index (χ1v) is 12.9. The maximum absolute atomic E-state index is 13.8. The average Bonchev–Trinajstić information content (AvgIpc) is 3.23. The zero-order valence-corrected chi connectivity index (χ0v) is 22.1. The Kier molecular flexibility index (Phi) is 7.97. The molecule has 0 saturated heterocycles. The predicted molar refractivity (Wildman–Crippen MR) is 145 cm³/mol. The normalized spacial score (nSPS) is 13.8. The van der Waals surface area contributed by atoms with Crippen molar-refractivity contribution in [1.82, 2.24) is 19.8 Å². The van der Waals surface area contributed by atoms with Crippen LogP contribution in [0.1, 0.15) is 27.9 Å². The highest BCUT2D eigenvalue weighted by Gasteiger charge is 2.31. The van der Waals surface area contributed by atoms with Crippen LogP contribution in [-0.2, 0) is 19.5 Å². The van der Waals surface area contributed by atoms with E-state index in [1.54, 1.807) is 47.2 Å². The van der Waals surface area contributed by atoms with Crippen molar-refractivity contribution in [1.29, 1.82) is 5.26 Å². The summed E-state index contributed by atoms with van der Waals surface area (Å²) in [6.07, 6.45) is 0.431. The van der Waals surface area contributed by atoms with Gasteiger partial charge in [0.15, 0.2) is 0 Å². The fourth-order valence-electron chi connectivity index (χ4n) is 4.89. The summed E-state index contributed by atoms with van der Waals surface area (Å²) in [5.41, 5.74) is 3.90. The molecular weight excluding hydrogens is 562 g/mol. The van der Waals surface area contributed by atoms with Crippen LogP contribution in [0, 0.1) is 17.1 Å². The van der Waals surface area contributed by atoms with Gasteiger partial charge in [0.2, 0.25) is 0 Å². The lowest BCUT2D eigenvalue weighted by Gasteiger charge is -2.27. The van der Waals surface area contributed by atoms with Gasteiger partial charge in [-0.3, -0.25) is 9.47 Å². The summed E-state index contributed by atoms with van der Waals surface area (Å²) < 4.78 is 56.9. The van der Waals surface area contributed by atoms with Gasteiger partial charge in [0, 0.05) is 55.9 Å². The molecule has 41 heavy (non-hydrogen) atoms. The quantitative estimate of drug-likeness (QED) is 0.209. The second-order valence-electron chi connectivity index (χ2n) is 9.41. The van der Waals surface area contributed by atoms with Crippen molar-refractivity contribution in [2.75, 3.05) is 13.1 Å². The van der Waals surface area contributed by atoms with Crippen molar-refractivity contribution in [2.24, 2.45) is 0 Å². The molecule has 12 heteroatoms. The Morgan fingerprint density at radius 2 is 2.02 bits per heavy atom. The first kappa shape index (κ1) is 28.1. The van der Waals surface area contributed by atoms with Crippen molar-refractivity contribution >= 4 is 34.6 Å². The van der Waals surface area contributed by atoms with E-state index < -0.39 is 17.9 Å². The fourth-order valence-corrected chi connectivity index (χ4v) is 5.09. The number of carbonyl (C=O) groups is 1. The van der Waals surface area contributed by atoms with Gasteiger partial charge in [-0.25, -0.2) is 14.2 Å². The van der Waals surface area contributed by atoms with Gasteiger partial charge in [-0.1, -0.05) is 23.8 Å². The van der Waals surface area contributed by atoms with Gasteiger partial charge in [0.25, 0.3) is 0 Å². The van der Waals surface area contributed by atoms with Crippen LogP contribution in [0.15, 0.2) is 60.8 Å². The molecule has 0 saturated carbocycles. The van der Waals surface area contributed by atoms with Crippen LogP contribution in [0.4, 0.5) is 22.4 Å².